The number of allylic oxidation sites excluding steroid dienone is 4. The highest BCUT2D eigenvalue weighted by molar-refractivity contribution is 6.06. The van der Waals surface area contributed by atoms with E-state index in [9.17, 15) is 0 Å². The van der Waals surface area contributed by atoms with Crippen LogP contribution in [0, 0.1) is 0 Å². The fourth-order valence-corrected chi connectivity index (χ4v) is 6.95. The van der Waals surface area contributed by atoms with E-state index in [2.05, 4.69) is 134 Å². The quantitative estimate of drug-likeness (QED) is 0.226. The van der Waals surface area contributed by atoms with Crippen molar-refractivity contribution in [1.29, 1.82) is 0 Å². The van der Waals surface area contributed by atoms with Crippen LogP contribution in [0.15, 0.2) is 132 Å². The molecule has 2 aliphatic rings. The number of fused-ring (bicyclic) bond motifs is 6. The molecule has 0 radical (unpaired) electrons. The molecule has 1 heterocycles. The molecule has 6 aromatic rings. The van der Waals surface area contributed by atoms with Gasteiger partial charge in [0.15, 0.2) is 0 Å². The first-order valence-electron chi connectivity index (χ1n) is 14.5. The molecule has 0 unspecified atom stereocenters. The summed E-state index contributed by atoms with van der Waals surface area (Å²) in [5.41, 5.74) is 13.2. The van der Waals surface area contributed by atoms with Crippen LogP contribution in [-0.2, 0) is 5.41 Å². The minimum Gasteiger partial charge on any atom is -0.456 e. The fraction of sp³-hybridized carbons (Fsp3) is 0.128. The molecule has 5 aromatic carbocycles. The first kappa shape index (κ1) is 24.0. The Kier molecular flexibility index (Phi) is 5.33. The molecule has 1 aromatic heterocycles. The van der Waals surface area contributed by atoms with E-state index < -0.39 is 0 Å². The number of furan rings is 1. The van der Waals surface area contributed by atoms with Gasteiger partial charge in [0, 0.05) is 39.1 Å². The van der Waals surface area contributed by atoms with Gasteiger partial charge in [0.1, 0.15) is 11.2 Å². The van der Waals surface area contributed by atoms with Gasteiger partial charge >= 0.3 is 0 Å². The van der Waals surface area contributed by atoms with Crippen LogP contribution in [0.1, 0.15) is 43.4 Å². The number of hydrogen-bond donors (Lipinski definition) is 0. The Morgan fingerprint density at radius 3 is 2.27 bits per heavy atom. The molecule has 2 aliphatic carbocycles. The van der Waals surface area contributed by atoms with Gasteiger partial charge in [-0.1, -0.05) is 105 Å². The molecule has 0 N–H and O–H groups in total. The summed E-state index contributed by atoms with van der Waals surface area (Å²) < 4.78 is 6.40. The molecule has 0 saturated carbocycles. The Labute approximate surface area is 240 Å². The van der Waals surface area contributed by atoms with E-state index in [1.807, 2.05) is 12.1 Å². The van der Waals surface area contributed by atoms with Gasteiger partial charge in [0.25, 0.3) is 0 Å². The van der Waals surface area contributed by atoms with Crippen molar-refractivity contribution in [2.24, 2.45) is 0 Å². The minimum atomic E-state index is -0.0769. The third-order valence-electron chi connectivity index (χ3n) is 8.95. The Bertz CT molecular complexity index is 2040. The molecule has 8 rings (SSSR count). The molecular weight excluding hydrogens is 498 g/mol. The van der Waals surface area contributed by atoms with Crippen molar-refractivity contribution in [3.8, 4) is 11.1 Å². The van der Waals surface area contributed by atoms with Crippen molar-refractivity contribution in [1.82, 2.24) is 0 Å². The highest BCUT2D eigenvalue weighted by atomic mass is 16.3. The van der Waals surface area contributed by atoms with Gasteiger partial charge in [0.2, 0.25) is 0 Å². The summed E-state index contributed by atoms with van der Waals surface area (Å²) in [6, 6.07) is 39.6. The second-order valence-corrected chi connectivity index (χ2v) is 11.7. The van der Waals surface area contributed by atoms with Crippen molar-refractivity contribution in [2.45, 2.75) is 32.1 Å². The summed E-state index contributed by atoms with van der Waals surface area (Å²) in [6.45, 7) is 4.69. The lowest BCUT2D eigenvalue weighted by molar-refractivity contribution is 0.660. The topological polar surface area (TPSA) is 16.4 Å². The summed E-state index contributed by atoms with van der Waals surface area (Å²) in [6.07, 6.45) is 8.82. The van der Waals surface area contributed by atoms with Gasteiger partial charge in [-0.05, 0) is 65.4 Å². The summed E-state index contributed by atoms with van der Waals surface area (Å²) >= 11 is 0. The molecule has 2 heteroatoms. The Balaban J connectivity index is 1.43. The van der Waals surface area contributed by atoms with Gasteiger partial charge in [-0.2, -0.15) is 0 Å². The van der Waals surface area contributed by atoms with Crippen LogP contribution in [0.5, 0.6) is 0 Å². The number of anilines is 3. The molecule has 0 amide bonds. The van der Waals surface area contributed by atoms with Crippen LogP contribution in [0.25, 0.3) is 38.6 Å². The number of para-hydroxylation sites is 2. The van der Waals surface area contributed by atoms with Crippen molar-refractivity contribution >= 4 is 44.6 Å². The molecule has 198 valence electrons. The van der Waals surface area contributed by atoms with Gasteiger partial charge in [0.05, 0.1) is 11.4 Å². The second-order valence-electron chi connectivity index (χ2n) is 11.7. The van der Waals surface area contributed by atoms with Gasteiger partial charge in [-0.25, -0.2) is 0 Å². The Morgan fingerprint density at radius 1 is 0.659 bits per heavy atom. The average molecular weight is 530 g/mol. The van der Waals surface area contributed by atoms with E-state index in [1.165, 1.54) is 44.8 Å². The van der Waals surface area contributed by atoms with Crippen molar-refractivity contribution in [2.75, 3.05) is 4.90 Å². The predicted molar refractivity (Wildman–Crippen MR) is 172 cm³/mol. The number of nitrogens with zero attached hydrogens (tertiary/aromatic N) is 1. The van der Waals surface area contributed by atoms with Gasteiger partial charge in [-0.3, -0.25) is 0 Å². The third kappa shape index (κ3) is 3.64. The molecule has 2 nitrogen and oxygen atoms in total. The first-order valence-corrected chi connectivity index (χ1v) is 14.5. The minimum absolute atomic E-state index is 0.0769. The Morgan fingerprint density at radius 2 is 1.39 bits per heavy atom. The first-order chi connectivity index (χ1) is 20.1. The fourth-order valence-electron chi connectivity index (χ4n) is 6.95. The standard InChI is InChI=1S/C39H31NO/c1-39(2)32-18-9-6-17-31(32)38-33(39)19-12-21-35(38)40(34-20-10-7-15-28(34)26-13-4-3-5-14-26)27-23-24-30-29-16-8-11-22-36(29)41-37(30)25-27/h3-4,6-13,15-25H,5,14H2,1-2H3. The van der Waals surface area contributed by atoms with Gasteiger partial charge in [-0.15, -0.1) is 0 Å². The van der Waals surface area contributed by atoms with Crippen molar-refractivity contribution in [3.05, 3.63) is 144 Å². The average Bonchev–Trinajstić information content (AvgIpc) is 3.50. The summed E-state index contributed by atoms with van der Waals surface area (Å²) in [5, 5.41) is 2.29. The lowest BCUT2D eigenvalue weighted by Gasteiger charge is -2.31. The zero-order valence-electron chi connectivity index (χ0n) is 23.4. The van der Waals surface area contributed by atoms with Crippen molar-refractivity contribution in [3.63, 3.8) is 0 Å². The second kappa shape index (κ2) is 9.11. The van der Waals surface area contributed by atoms with E-state index in [4.69, 9.17) is 4.42 Å². The largest absolute Gasteiger partial charge is 0.456 e. The normalized spacial score (nSPS) is 15.1. The van der Waals surface area contributed by atoms with E-state index >= 15 is 0 Å². The van der Waals surface area contributed by atoms with E-state index in [1.54, 1.807) is 0 Å². The molecule has 0 aliphatic heterocycles. The molecule has 41 heavy (non-hydrogen) atoms. The predicted octanol–water partition coefficient (Wildman–Crippen LogP) is 11.1. The van der Waals surface area contributed by atoms with Crippen LogP contribution in [0.3, 0.4) is 0 Å². The summed E-state index contributed by atoms with van der Waals surface area (Å²) in [5.74, 6) is 0. The maximum atomic E-state index is 6.40. The van der Waals surface area contributed by atoms with Crippen LogP contribution in [0.2, 0.25) is 0 Å². The summed E-state index contributed by atoms with van der Waals surface area (Å²) in [7, 11) is 0. The number of hydrogen-bond acceptors (Lipinski definition) is 2. The molecule has 0 spiro atoms. The SMILES string of the molecule is CC1(C)c2ccccc2-c2c(N(c3ccc4c(c3)oc3ccccc34)c3ccccc3C3=CC=CCC3)cccc21. The zero-order chi connectivity index (χ0) is 27.6. The smallest absolute Gasteiger partial charge is 0.137 e. The molecule has 0 fully saturated rings. The highest BCUT2D eigenvalue weighted by Gasteiger charge is 2.38. The maximum absolute atomic E-state index is 6.40. The van der Waals surface area contributed by atoms with Crippen LogP contribution >= 0.6 is 0 Å². The summed E-state index contributed by atoms with van der Waals surface area (Å²) in [4.78, 5) is 2.46. The monoisotopic (exact) mass is 529 g/mol. The Hall–Kier alpha value is -4.82. The molecule has 0 saturated heterocycles. The number of benzene rings is 5. The van der Waals surface area contributed by atoms with Gasteiger partial charge < -0.3 is 9.32 Å². The molecular formula is C39H31NO. The third-order valence-corrected chi connectivity index (χ3v) is 8.95. The molecule has 0 bridgehead atoms. The van der Waals surface area contributed by atoms with E-state index in [0.717, 1.165) is 40.5 Å². The zero-order valence-corrected chi connectivity index (χ0v) is 23.4. The lowest BCUT2D eigenvalue weighted by Crippen LogP contribution is -2.16. The lowest BCUT2D eigenvalue weighted by atomic mass is 9.82. The molecule has 0 atom stereocenters. The number of rotatable bonds is 4. The van der Waals surface area contributed by atoms with E-state index in [0.29, 0.717) is 0 Å². The van der Waals surface area contributed by atoms with Crippen LogP contribution in [-0.4, -0.2) is 0 Å². The van der Waals surface area contributed by atoms with E-state index in [-0.39, 0.29) is 5.41 Å². The van der Waals surface area contributed by atoms with Crippen LogP contribution < -0.4 is 4.90 Å². The maximum Gasteiger partial charge on any atom is 0.137 e. The van der Waals surface area contributed by atoms with Crippen LogP contribution in [0.4, 0.5) is 17.1 Å². The highest BCUT2D eigenvalue weighted by Crippen LogP contribution is 2.54. The van der Waals surface area contributed by atoms with Crippen molar-refractivity contribution < 1.29 is 4.42 Å².